The van der Waals surface area contributed by atoms with Crippen molar-refractivity contribution in [3.63, 3.8) is 0 Å². The van der Waals surface area contributed by atoms with Crippen LogP contribution in [-0.4, -0.2) is 13.4 Å². The minimum Gasteiger partial charge on any atom is -0.458 e. The van der Waals surface area contributed by atoms with Gasteiger partial charge in [0, 0.05) is 56.5 Å². The number of fused-ring (bicyclic) bond motifs is 8. The minimum atomic E-state index is -0.261. The number of benzene rings is 13. The van der Waals surface area contributed by atoms with Gasteiger partial charge in [-0.2, -0.15) is 0 Å². The Morgan fingerprint density at radius 1 is 0.222 bits per heavy atom. The standard InChI is InChI=1S/C102H99B2N3O/c1-97(2,3)71-46-48-81-86(60-71)106(85-45-32-31-42-78(85)64-34-23-19-24-35-64)89-54-69(67-50-73(99(7,8)9)58-74(51-67)100(10,11)12)55-90-94(89)103(81)84-62-83-87(63-88(84)107(90)96-79(65-36-25-20-26-37-65)43-33-44-80(96)66-38-27-21-28-39-66)105(77-40-29-22-30-41-77)91-56-70(68-52-75(101(13,14)15)59-76(53-68)102(16,17)18)57-93-95(91)104(83)82-49-47-72(98(4,5)6)61-92(82)108-93/h19-63H,1-18H3. The van der Waals surface area contributed by atoms with E-state index in [0.29, 0.717) is 0 Å². The highest BCUT2D eigenvalue weighted by molar-refractivity contribution is 7.02. The molecule has 13 aromatic carbocycles. The molecule has 4 aliphatic rings. The maximum absolute atomic E-state index is 7.67. The van der Waals surface area contributed by atoms with Crippen LogP contribution in [0.25, 0.3) is 55.6 Å². The average Bonchev–Trinajstić information content (AvgIpc) is 0.681. The van der Waals surface area contributed by atoms with Crippen LogP contribution in [0.2, 0.25) is 0 Å². The Labute approximate surface area is 643 Å². The molecule has 17 rings (SSSR count). The maximum Gasteiger partial charge on any atom is 0.256 e. The van der Waals surface area contributed by atoms with E-state index in [-0.39, 0.29) is 45.9 Å². The Bertz CT molecular complexity index is 5610. The van der Waals surface area contributed by atoms with Crippen LogP contribution < -0.4 is 52.2 Å². The van der Waals surface area contributed by atoms with Gasteiger partial charge in [-0.05, 0) is 198 Å². The molecule has 0 aromatic heterocycles. The number of nitrogens with zero attached hydrogens (tertiary/aromatic N) is 3. The zero-order valence-corrected chi connectivity index (χ0v) is 66.4. The minimum absolute atomic E-state index is 0.105. The third kappa shape index (κ3) is 12.1. The summed E-state index contributed by atoms with van der Waals surface area (Å²) in [5.74, 6) is 1.79. The summed E-state index contributed by atoms with van der Waals surface area (Å²) >= 11 is 0. The fourth-order valence-corrected chi connectivity index (χ4v) is 17.2. The molecule has 0 spiro atoms. The molecule has 534 valence electrons. The summed E-state index contributed by atoms with van der Waals surface area (Å²) in [7, 11) is 0. The van der Waals surface area contributed by atoms with Gasteiger partial charge in [-0.1, -0.05) is 337 Å². The molecule has 0 saturated heterocycles. The van der Waals surface area contributed by atoms with E-state index in [4.69, 9.17) is 4.74 Å². The second kappa shape index (κ2) is 25.4. The quantitative estimate of drug-likeness (QED) is 0.141. The number of anilines is 9. The van der Waals surface area contributed by atoms with E-state index in [0.717, 1.165) is 95.8 Å². The lowest BCUT2D eigenvalue weighted by molar-refractivity contribution is 0.483. The summed E-state index contributed by atoms with van der Waals surface area (Å²) in [6.45, 7) is 41.8. The molecule has 0 saturated carbocycles. The van der Waals surface area contributed by atoms with Gasteiger partial charge in [0.2, 0.25) is 0 Å². The number of para-hydroxylation sites is 3. The van der Waals surface area contributed by atoms with E-state index in [1.54, 1.807) is 0 Å². The smallest absolute Gasteiger partial charge is 0.256 e. The van der Waals surface area contributed by atoms with Crippen molar-refractivity contribution < 1.29 is 4.74 Å². The van der Waals surface area contributed by atoms with Crippen LogP contribution in [0, 0.1) is 0 Å². The second-order valence-electron chi connectivity index (χ2n) is 37.1. The predicted molar refractivity (Wildman–Crippen MR) is 466 cm³/mol. The summed E-state index contributed by atoms with van der Waals surface area (Å²) in [6, 6.07) is 105. The molecule has 0 fully saturated rings. The molecule has 0 unspecified atom stereocenters. The van der Waals surface area contributed by atoms with Crippen LogP contribution in [0.15, 0.2) is 273 Å². The topological polar surface area (TPSA) is 19.0 Å². The number of hydrogen-bond donors (Lipinski definition) is 0. The van der Waals surface area contributed by atoms with Crippen molar-refractivity contribution in [2.45, 2.75) is 157 Å². The monoisotopic (exact) mass is 1400 g/mol. The van der Waals surface area contributed by atoms with Gasteiger partial charge in [0.15, 0.2) is 0 Å². The summed E-state index contributed by atoms with van der Waals surface area (Å²) in [6.07, 6.45) is 0. The van der Waals surface area contributed by atoms with Crippen molar-refractivity contribution in [2.75, 3.05) is 14.7 Å². The molecule has 0 amide bonds. The van der Waals surface area contributed by atoms with Crippen molar-refractivity contribution in [1.29, 1.82) is 0 Å². The fourth-order valence-electron chi connectivity index (χ4n) is 17.2. The van der Waals surface area contributed by atoms with Gasteiger partial charge in [0.25, 0.3) is 13.4 Å². The highest BCUT2D eigenvalue weighted by atomic mass is 16.5. The van der Waals surface area contributed by atoms with E-state index in [2.05, 4.69) is 412 Å². The SMILES string of the molecule is CC(C)(C)c1cc(-c2cc3c4c(c2)N(c2ccccc2)c2cc5c(cc2B4c2ccc(C(C)(C)C)cc2O3)B2c3ccc(C(C)(C)C)cc3N(c3ccccc3-c3ccccc3)c3cc(-c4cc(C(C)(C)C)cc(C(C)(C)C)c4)cc(c32)N5c2c(-c3ccccc3)cccc2-c2ccccc2)cc(C(C)(C)C)c1. The Hall–Kier alpha value is -10.8. The highest BCUT2D eigenvalue weighted by Gasteiger charge is 2.50. The second-order valence-corrected chi connectivity index (χ2v) is 37.1. The van der Waals surface area contributed by atoms with Gasteiger partial charge in [-0.25, -0.2) is 0 Å². The normalized spacial score (nSPS) is 13.8. The lowest BCUT2D eigenvalue weighted by Crippen LogP contribution is -2.64. The van der Waals surface area contributed by atoms with E-state index < -0.39 is 0 Å². The van der Waals surface area contributed by atoms with Crippen molar-refractivity contribution >= 4 is 97.4 Å². The van der Waals surface area contributed by atoms with E-state index in [1.165, 1.54) is 88.6 Å². The van der Waals surface area contributed by atoms with Gasteiger partial charge < -0.3 is 19.4 Å². The van der Waals surface area contributed by atoms with Crippen molar-refractivity contribution in [3.05, 3.63) is 306 Å². The van der Waals surface area contributed by atoms with Crippen LogP contribution in [0.3, 0.4) is 0 Å². The molecule has 0 N–H and O–H groups in total. The lowest BCUT2D eigenvalue weighted by Gasteiger charge is -2.47. The zero-order valence-electron chi connectivity index (χ0n) is 66.4. The van der Waals surface area contributed by atoms with Gasteiger partial charge >= 0.3 is 0 Å². The molecule has 0 radical (unpaired) electrons. The van der Waals surface area contributed by atoms with E-state index >= 15 is 0 Å². The van der Waals surface area contributed by atoms with Crippen molar-refractivity contribution in [2.24, 2.45) is 0 Å². The van der Waals surface area contributed by atoms with Crippen LogP contribution in [0.5, 0.6) is 11.5 Å². The Morgan fingerprint density at radius 3 is 1.10 bits per heavy atom. The Balaban J connectivity index is 1.07. The molecular weight excluding hydrogens is 1300 g/mol. The molecule has 0 atom stereocenters. The first-order valence-electron chi connectivity index (χ1n) is 39.0. The number of rotatable bonds is 8. The Morgan fingerprint density at radius 2 is 0.602 bits per heavy atom. The molecule has 4 nitrogen and oxygen atoms in total. The van der Waals surface area contributed by atoms with Gasteiger partial charge in [-0.3, -0.25) is 0 Å². The molecule has 6 heteroatoms. The molecule has 0 aliphatic carbocycles. The summed E-state index contributed by atoms with van der Waals surface area (Å²) < 4.78 is 7.67. The fraction of sp³-hybridized carbons (Fsp3) is 0.235. The van der Waals surface area contributed by atoms with Crippen LogP contribution in [0.1, 0.15) is 158 Å². The van der Waals surface area contributed by atoms with Crippen LogP contribution in [0.4, 0.5) is 51.2 Å². The first-order chi connectivity index (χ1) is 51.3. The molecule has 4 heterocycles. The zero-order chi connectivity index (χ0) is 75.5. The summed E-state index contributed by atoms with van der Waals surface area (Å²) in [5, 5.41) is 0. The number of hydrogen-bond acceptors (Lipinski definition) is 4. The molecule has 0 bridgehead atoms. The van der Waals surface area contributed by atoms with E-state index in [9.17, 15) is 0 Å². The van der Waals surface area contributed by atoms with Gasteiger partial charge in [0.1, 0.15) is 11.5 Å². The molecule has 13 aromatic rings. The van der Waals surface area contributed by atoms with Gasteiger partial charge in [-0.15, -0.1) is 0 Å². The van der Waals surface area contributed by atoms with Crippen molar-refractivity contribution in [1.82, 2.24) is 0 Å². The third-order valence-corrected chi connectivity index (χ3v) is 23.4. The first-order valence-corrected chi connectivity index (χ1v) is 39.0. The summed E-state index contributed by atoms with van der Waals surface area (Å²) in [4.78, 5) is 8.01. The van der Waals surface area contributed by atoms with Crippen LogP contribution >= 0.6 is 0 Å². The van der Waals surface area contributed by atoms with Crippen LogP contribution in [-0.2, 0) is 32.5 Å². The van der Waals surface area contributed by atoms with Crippen molar-refractivity contribution in [3.8, 4) is 67.1 Å². The maximum atomic E-state index is 7.67. The highest BCUT2D eigenvalue weighted by Crippen LogP contribution is 2.55. The van der Waals surface area contributed by atoms with E-state index in [1.807, 2.05) is 0 Å². The molecule has 108 heavy (non-hydrogen) atoms. The first kappa shape index (κ1) is 70.2. The Kier molecular flexibility index (Phi) is 16.5. The predicted octanol–water partition coefficient (Wildman–Crippen LogP) is 24.3. The number of ether oxygens (including phenoxy) is 1. The summed E-state index contributed by atoms with van der Waals surface area (Å²) in [5.41, 5.74) is 35.9. The largest absolute Gasteiger partial charge is 0.458 e. The van der Waals surface area contributed by atoms with Gasteiger partial charge in [0.05, 0.1) is 11.4 Å². The molecular formula is C102H99B2N3O. The molecule has 4 aliphatic heterocycles. The average molecular weight is 1400 g/mol. The third-order valence-electron chi connectivity index (χ3n) is 23.4. The lowest BCUT2D eigenvalue weighted by atomic mass is 9.30.